The maximum atomic E-state index is 12.9. The highest BCUT2D eigenvalue weighted by Crippen LogP contribution is 2.41. The van der Waals surface area contributed by atoms with Gasteiger partial charge in [0, 0.05) is 12.0 Å². The average molecular weight is 210 g/mol. The number of nitrogens with two attached hydrogens (primary N) is 1. The fourth-order valence-corrected chi connectivity index (χ4v) is 1.58. The molecule has 80 valence electrons. The van der Waals surface area contributed by atoms with Crippen molar-refractivity contribution in [3.8, 4) is 0 Å². The Bertz CT molecular complexity index is 296. The first-order chi connectivity index (χ1) is 6.27. The SMILES string of the molecule is C[C@H]1CC(F)(F)C(=N)/C1=C(\N)C(F)F. The Kier molecular flexibility index (Phi) is 2.56. The largest absolute Gasteiger partial charge is 0.397 e. The van der Waals surface area contributed by atoms with Crippen LogP contribution in [0.1, 0.15) is 13.3 Å². The summed E-state index contributed by atoms with van der Waals surface area (Å²) in [4.78, 5) is 0. The molecule has 0 aromatic heterocycles. The molecule has 0 aliphatic heterocycles. The summed E-state index contributed by atoms with van der Waals surface area (Å²) in [5, 5.41) is 7.04. The minimum Gasteiger partial charge on any atom is -0.397 e. The molecule has 1 fully saturated rings. The predicted octanol–water partition coefficient (Wildman–Crippen LogP) is 2.16. The van der Waals surface area contributed by atoms with Gasteiger partial charge in [0.1, 0.15) is 5.71 Å². The van der Waals surface area contributed by atoms with Gasteiger partial charge in [-0.2, -0.15) is 8.78 Å². The van der Waals surface area contributed by atoms with Crippen LogP contribution < -0.4 is 5.73 Å². The Morgan fingerprint density at radius 1 is 1.57 bits per heavy atom. The second-order valence-electron chi connectivity index (χ2n) is 3.35. The van der Waals surface area contributed by atoms with E-state index >= 15 is 0 Å². The number of rotatable bonds is 1. The van der Waals surface area contributed by atoms with Crippen molar-refractivity contribution in [2.24, 2.45) is 11.7 Å². The van der Waals surface area contributed by atoms with Crippen molar-refractivity contribution >= 4 is 5.71 Å². The molecule has 14 heavy (non-hydrogen) atoms. The molecule has 1 aliphatic rings. The molecule has 0 heterocycles. The first kappa shape index (κ1) is 11.0. The zero-order valence-corrected chi connectivity index (χ0v) is 7.45. The summed E-state index contributed by atoms with van der Waals surface area (Å²) in [6.45, 7) is 1.36. The predicted molar refractivity (Wildman–Crippen MR) is 43.7 cm³/mol. The molecule has 0 bridgehead atoms. The number of hydrogen-bond acceptors (Lipinski definition) is 2. The second kappa shape index (κ2) is 3.25. The van der Waals surface area contributed by atoms with Crippen molar-refractivity contribution in [2.45, 2.75) is 25.7 Å². The van der Waals surface area contributed by atoms with E-state index in [1.54, 1.807) is 0 Å². The van der Waals surface area contributed by atoms with Crippen molar-refractivity contribution in [3.05, 3.63) is 11.3 Å². The monoisotopic (exact) mass is 210 g/mol. The summed E-state index contributed by atoms with van der Waals surface area (Å²) in [6, 6.07) is 0. The number of nitrogens with one attached hydrogen (secondary N) is 1. The standard InChI is InChI=1S/C8H10F4N2/c1-3-2-8(11,12)6(14)4(3)5(13)7(9)10/h3,7,14H,2,13H2,1H3/b5-4-,14-6?/t3-/m0/s1. The highest BCUT2D eigenvalue weighted by molar-refractivity contribution is 6.06. The van der Waals surface area contributed by atoms with Crippen LogP contribution in [0.3, 0.4) is 0 Å². The summed E-state index contributed by atoms with van der Waals surface area (Å²) >= 11 is 0. The number of allylic oxidation sites excluding steroid dienone is 2. The van der Waals surface area contributed by atoms with Crippen molar-refractivity contribution < 1.29 is 17.6 Å². The van der Waals surface area contributed by atoms with Gasteiger partial charge in [-0.15, -0.1) is 0 Å². The van der Waals surface area contributed by atoms with Gasteiger partial charge in [0.25, 0.3) is 12.3 Å². The van der Waals surface area contributed by atoms with Crippen LogP contribution in [0.4, 0.5) is 17.6 Å². The highest BCUT2D eigenvalue weighted by Gasteiger charge is 2.48. The van der Waals surface area contributed by atoms with E-state index in [0.29, 0.717) is 0 Å². The summed E-state index contributed by atoms with van der Waals surface area (Å²) in [5.41, 5.74) is 2.61. The Morgan fingerprint density at radius 3 is 2.36 bits per heavy atom. The second-order valence-corrected chi connectivity index (χ2v) is 3.35. The van der Waals surface area contributed by atoms with E-state index in [-0.39, 0.29) is 0 Å². The van der Waals surface area contributed by atoms with Gasteiger partial charge in [-0.25, -0.2) is 8.78 Å². The molecule has 1 rings (SSSR count). The van der Waals surface area contributed by atoms with E-state index in [9.17, 15) is 17.6 Å². The molecule has 2 nitrogen and oxygen atoms in total. The Balaban J connectivity index is 3.14. The molecule has 0 aromatic carbocycles. The Hall–Kier alpha value is -1.07. The molecular weight excluding hydrogens is 200 g/mol. The third kappa shape index (κ3) is 1.60. The molecule has 0 amide bonds. The van der Waals surface area contributed by atoms with Gasteiger partial charge in [0.05, 0.1) is 5.70 Å². The van der Waals surface area contributed by atoms with Crippen molar-refractivity contribution in [1.82, 2.24) is 0 Å². The highest BCUT2D eigenvalue weighted by atomic mass is 19.3. The molecule has 0 unspecified atom stereocenters. The summed E-state index contributed by atoms with van der Waals surface area (Å²) in [6.07, 6.45) is -3.60. The molecular formula is C8H10F4N2. The van der Waals surface area contributed by atoms with Crippen molar-refractivity contribution in [2.75, 3.05) is 0 Å². The molecule has 1 saturated carbocycles. The van der Waals surface area contributed by atoms with Gasteiger partial charge in [-0.3, -0.25) is 5.41 Å². The van der Waals surface area contributed by atoms with E-state index in [1.165, 1.54) is 6.92 Å². The van der Waals surface area contributed by atoms with Crippen LogP contribution >= 0.6 is 0 Å². The summed E-state index contributed by atoms with van der Waals surface area (Å²) < 4.78 is 50.1. The molecule has 6 heteroatoms. The van der Waals surface area contributed by atoms with Crippen LogP contribution in [-0.2, 0) is 0 Å². The van der Waals surface area contributed by atoms with Crippen LogP contribution in [-0.4, -0.2) is 18.1 Å². The fourth-order valence-electron chi connectivity index (χ4n) is 1.58. The van der Waals surface area contributed by atoms with E-state index in [1.807, 2.05) is 0 Å². The van der Waals surface area contributed by atoms with Crippen LogP contribution in [0.5, 0.6) is 0 Å². The first-order valence-corrected chi connectivity index (χ1v) is 4.02. The maximum absolute atomic E-state index is 12.9. The Morgan fingerprint density at radius 2 is 2.07 bits per heavy atom. The molecule has 0 saturated heterocycles. The maximum Gasteiger partial charge on any atom is 0.289 e. The van der Waals surface area contributed by atoms with E-state index in [0.717, 1.165) is 0 Å². The number of hydrogen-bond donors (Lipinski definition) is 2. The lowest BCUT2D eigenvalue weighted by molar-refractivity contribution is 0.0704. The Labute approximate surface area is 78.3 Å². The molecule has 0 spiro atoms. The van der Waals surface area contributed by atoms with Gasteiger partial charge in [0.2, 0.25) is 0 Å². The third-order valence-electron chi connectivity index (χ3n) is 2.24. The normalized spacial score (nSPS) is 29.9. The van der Waals surface area contributed by atoms with Crippen molar-refractivity contribution in [1.29, 1.82) is 5.41 Å². The zero-order valence-electron chi connectivity index (χ0n) is 7.45. The van der Waals surface area contributed by atoms with Crippen LogP contribution in [0.25, 0.3) is 0 Å². The lowest BCUT2D eigenvalue weighted by atomic mass is 10.0. The smallest absolute Gasteiger partial charge is 0.289 e. The van der Waals surface area contributed by atoms with Gasteiger partial charge in [-0.1, -0.05) is 6.92 Å². The van der Waals surface area contributed by atoms with Gasteiger partial charge >= 0.3 is 0 Å². The summed E-state index contributed by atoms with van der Waals surface area (Å²) in [5.74, 6) is -4.11. The van der Waals surface area contributed by atoms with E-state index in [2.05, 4.69) is 0 Å². The van der Waals surface area contributed by atoms with Gasteiger partial charge in [-0.05, 0) is 5.92 Å². The molecule has 0 aromatic rings. The van der Waals surface area contributed by atoms with Crippen LogP contribution in [0, 0.1) is 11.3 Å². The molecule has 3 N–H and O–H groups in total. The minimum absolute atomic E-state index is 0.398. The topological polar surface area (TPSA) is 49.9 Å². The molecule has 0 radical (unpaired) electrons. The van der Waals surface area contributed by atoms with Gasteiger partial charge < -0.3 is 5.73 Å². The third-order valence-corrected chi connectivity index (χ3v) is 2.24. The lowest BCUT2D eigenvalue weighted by Crippen LogP contribution is -2.24. The number of halogens is 4. The van der Waals surface area contributed by atoms with E-state index < -0.39 is 41.7 Å². The zero-order chi connectivity index (χ0) is 11.1. The molecule has 1 atom stereocenters. The van der Waals surface area contributed by atoms with Crippen LogP contribution in [0.2, 0.25) is 0 Å². The van der Waals surface area contributed by atoms with E-state index in [4.69, 9.17) is 11.1 Å². The molecule has 1 aliphatic carbocycles. The minimum atomic E-state index is -3.33. The van der Waals surface area contributed by atoms with Crippen LogP contribution in [0.15, 0.2) is 11.3 Å². The lowest BCUT2D eigenvalue weighted by Gasteiger charge is -2.09. The number of alkyl halides is 4. The van der Waals surface area contributed by atoms with Crippen molar-refractivity contribution in [3.63, 3.8) is 0 Å². The quantitative estimate of drug-likeness (QED) is 0.640. The fraction of sp³-hybridized carbons (Fsp3) is 0.625. The van der Waals surface area contributed by atoms with Gasteiger partial charge in [0.15, 0.2) is 0 Å². The summed E-state index contributed by atoms with van der Waals surface area (Å²) in [7, 11) is 0. The first-order valence-electron chi connectivity index (χ1n) is 4.02. The average Bonchev–Trinajstić information content (AvgIpc) is 2.21.